The molecule has 0 amide bonds. The average Bonchev–Trinajstić information content (AvgIpc) is 2.63. The van der Waals surface area contributed by atoms with Gasteiger partial charge in [-0.1, -0.05) is 20.8 Å². The lowest BCUT2D eigenvalue weighted by atomic mass is 9.70. The van der Waals surface area contributed by atoms with Gasteiger partial charge in [0.2, 0.25) is 0 Å². The molecular formula is C15H30N2. The van der Waals surface area contributed by atoms with Crippen molar-refractivity contribution < 1.29 is 0 Å². The Labute approximate surface area is 107 Å². The third-order valence-electron chi connectivity index (χ3n) is 5.51. The van der Waals surface area contributed by atoms with E-state index in [1.165, 1.54) is 32.2 Å². The fourth-order valence-corrected chi connectivity index (χ4v) is 4.21. The molecule has 2 fully saturated rings. The molecule has 5 atom stereocenters. The molecular weight excluding hydrogens is 208 g/mol. The SMILES string of the molecule is CC1CC(C)N(C2(CN)CCC(C)C(C)C2)C1. The third kappa shape index (κ3) is 2.39. The summed E-state index contributed by atoms with van der Waals surface area (Å²) in [4.78, 5) is 2.75. The first-order chi connectivity index (χ1) is 7.98. The lowest BCUT2D eigenvalue weighted by molar-refractivity contribution is 0.0149. The molecule has 17 heavy (non-hydrogen) atoms. The summed E-state index contributed by atoms with van der Waals surface area (Å²) in [5.74, 6) is 2.56. The van der Waals surface area contributed by atoms with Gasteiger partial charge >= 0.3 is 0 Å². The van der Waals surface area contributed by atoms with Gasteiger partial charge in [0.15, 0.2) is 0 Å². The van der Waals surface area contributed by atoms with Crippen molar-refractivity contribution >= 4 is 0 Å². The van der Waals surface area contributed by atoms with Crippen molar-refractivity contribution in [2.45, 2.75) is 65.0 Å². The fourth-order valence-electron chi connectivity index (χ4n) is 4.21. The molecule has 2 aliphatic rings. The van der Waals surface area contributed by atoms with Crippen molar-refractivity contribution in [2.24, 2.45) is 23.5 Å². The van der Waals surface area contributed by atoms with Crippen molar-refractivity contribution in [1.29, 1.82) is 0 Å². The molecule has 1 aliphatic carbocycles. The Kier molecular flexibility index (Phi) is 3.84. The maximum atomic E-state index is 6.19. The van der Waals surface area contributed by atoms with Crippen LogP contribution in [0.3, 0.4) is 0 Å². The van der Waals surface area contributed by atoms with E-state index in [-0.39, 0.29) is 0 Å². The molecule has 1 saturated heterocycles. The second kappa shape index (κ2) is 4.89. The smallest absolute Gasteiger partial charge is 0.0337 e. The number of rotatable bonds is 2. The zero-order valence-electron chi connectivity index (χ0n) is 12.1. The van der Waals surface area contributed by atoms with Gasteiger partial charge in [0.25, 0.3) is 0 Å². The molecule has 0 spiro atoms. The fraction of sp³-hybridized carbons (Fsp3) is 1.00. The Morgan fingerprint density at radius 2 is 1.88 bits per heavy atom. The van der Waals surface area contributed by atoms with Gasteiger partial charge in [-0.05, 0) is 50.4 Å². The largest absolute Gasteiger partial charge is 0.329 e. The van der Waals surface area contributed by atoms with Crippen molar-refractivity contribution in [2.75, 3.05) is 13.1 Å². The zero-order chi connectivity index (χ0) is 12.6. The van der Waals surface area contributed by atoms with Gasteiger partial charge in [0.1, 0.15) is 0 Å². The van der Waals surface area contributed by atoms with Crippen LogP contribution in [0.5, 0.6) is 0 Å². The van der Waals surface area contributed by atoms with E-state index in [1.54, 1.807) is 0 Å². The minimum Gasteiger partial charge on any atom is -0.329 e. The molecule has 1 heterocycles. The van der Waals surface area contributed by atoms with Crippen LogP contribution in [0.1, 0.15) is 53.4 Å². The molecule has 2 rings (SSSR count). The van der Waals surface area contributed by atoms with E-state index in [0.717, 1.165) is 30.3 Å². The minimum absolute atomic E-state index is 0.316. The van der Waals surface area contributed by atoms with E-state index in [4.69, 9.17) is 5.73 Å². The predicted octanol–water partition coefficient (Wildman–Crippen LogP) is 2.87. The topological polar surface area (TPSA) is 29.3 Å². The molecule has 1 aliphatic heterocycles. The molecule has 0 aromatic carbocycles. The second-order valence-corrected chi connectivity index (χ2v) is 6.97. The van der Waals surface area contributed by atoms with Gasteiger partial charge in [0, 0.05) is 24.7 Å². The number of nitrogens with zero attached hydrogens (tertiary/aromatic N) is 1. The van der Waals surface area contributed by atoms with Crippen LogP contribution in [0.15, 0.2) is 0 Å². The molecule has 0 bridgehead atoms. The summed E-state index contributed by atoms with van der Waals surface area (Å²) in [6, 6.07) is 0.731. The molecule has 100 valence electrons. The Hall–Kier alpha value is -0.0800. The quantitative estimate of drug-likeness (QED) is 0.801. The first-order valence-electron chi connectivity index (χ1n) is 7.45. The maximum Gasteiger partial charge on any atom is 0.0337 e. The van der Waals surface area contributed by atoms with Crippen LogP contribution in [-0.2, 0) is 0 Å². The molecule has 1 saturated carbocycles. The van der Waals surface area contributed by atoms with E-state index in [1.807, 2.05) is 0 Å². The molecule has 2 heteroatoms. The summed E-state index contributed by atoms with van der Waals surface area (Å²) in [5.41, 5.74) is 6.51. The second-order valence-electron chi connectivity index (χ2n) is 6.97. The van der Waals surface area contributed by atoms with Gasteiger partial charge in [-0.2, -0.15) is 0 Å². The monoisotopic (exact) mass is 238 g/mol. The normalized spacial score (nSPS) is 48.5. The highest BCUT2D eigenvalue weighted by atomic mass is 15.3. The van der Waals surface area contributed by atoms with Gasteiger partial charge in [-0.25, -0.2) is 0 Å². The van der Waals surface area contributed by atoms with Gasteiger partial charge in [-0.3, -0.25) is 4.90 Å². The van der Waals surface area contributed by atoms with Crippen LogP contribution in [0.4, 0.5) is 0 Å². The van der Waals surface area contributed by atoms with Gasteiger partial charge in [-0.15, -0.1) is 0 Å². The molecule has 2 N–H and O–H groups in total. The van der Waals surface area contributed by atoms with Gasteiger partial charge in [0.05, 0.1) is 0 Å². The van der Waals surface area contributed by atoms with Crippen LogP contribution in [-0.4, -0.2) is 29.6 Å². The number of hydrogen-bond acceptors (Lipinski definition) is 2. The Bertz CT molecular complexity index is 266. The Balaban J connectivity index is 2.14. The minimum atomic E-state index is 0.316. The summed E-state index contributed by atoms with van der Waals surface area (Å²) in [7, 11) is 0. The number of likely N-dealkylation sites (tertiary alicyclic amines) is 1. The summed E-state index contributed by atoms with van der Waals surface area (Å²) < 4.78 is 0. The molecule has 0 radical (unpaired) electrons. The lowest BCUT2D eigenvalue weighted by Gasteiger charge is -2.50. The summed E-state index contributed by atoms with van der Waals surface area (Å²) in [6.07, 6.45) is 5.33. The van der Waals surface area contributed by atoms with E-state index in [0.29, 0.717) is 5.54 Å². The highest BCUT2D eigenvalue weighted by Gasteiger charge is 2.45. The first-order valence-corrected chi connectivity index (χ1v) is 7.45. The predicted molar refractivity (Wildman–Crippen MR) is 73.9 cm³/mol. The highest BCUT2D eigenvalue weighted by Crippen LogP contribution is 2.43. The van der Waals surface area contributed by atoms with E-state index >= 15 is 0 Å². The zero-order valence-corrected chi connectivity index (χ0v) is 12.1. The van der Waals surface area contributed by atoms with Crippen LogP contribution in [0, 0.1) is 17.8 Å². The number of nitrogens with two attached hydrogens (primary N) is 1. The molecule has 2 nitrogen and oxygen atoms in total. The van der Waals surface area contributed by atoms with Crippen LogP contribution < -0.4 is 5.73 Å². The van der Waals surface area contributed by atoms with Crippen LogP contribution >= 0.6 is 0 Å². The summed E-state index contributed by atoms with van der Waals surface area (Å²) >= 11 is 0. The van der Waals surface area contributed by atoms with Crippen molar-refractivity contribution in [3.63, 3.8) is 0 Å². The van der Waals surface area contributed by atoms with Crippen molar-refractivity contribution in [1.82, 2.24) is 4.90 Å². The summed E-state index contributed by atoms with van der Waals surface area (Å²) in [6.45, 7) is 11.7. The van der Waals surface area contributed by atoms with Crippen molar-refractivity contribution in [3.8, 4) is 0 Å². The van der Waals surface area contributed by atoms with Crippen LogP contribution in [0.25, 0.3) is 0 Å². The highest BCUT2D eigenvalue weighted by molar-refractivity contribution is 5.01. The first kappa shape index (κ1) is 13.4. The number of hydrogen-bond donors (Lipinski definition) is 1. The summed E-state index contributed by atoms with van der Waals surface area (Å²) in [5, 5.41) is 0. The Morgan fingerprint density at radius 3 is 2.35 bits per heavy atom. The Morgan fingerprint density at radius 1 is 1.18 bits per heavy atom. The van der Waals surface area contributed by atoms with Crippen molar-refractivity contribution in [3.05, 3.63) is 0 Å². The maximum absolute atomic E-state index is 6.19. The van der Waals surface area contributed by atoms with E-state index in [9.17, 15) is 0 Å². The van der Waals surface area contributed by atoms with E-state index in [2.05, 4.69) is 32.6 Å². The standard InChI is InChI=1S/C15H30N2/c1-11-7-14(4)17(9-11)15(10-16)6-5-12(2)13(3)8-15/h11-14H,5-10,16H2,1-4H3. The van der Waals surface area contributed by atoms with Gasteiger partial charge < -0.3 is 5.73 Å². The molecule has 0 aromatic rings. The molecule has 0 aromatic heterocycles. The lowest BCUT2D eigenvalue weighted by Crippen LogP contribution is -2.58. The van der Waals surface area contributed by atoms with Crippen LogP contribution in [0.2, 0.25) is 0 Å². The van der Waals surface area contributed by atoms with E-state index < -0.39 is 0 Å². The third-order valence-corrected chi connectivity index (χ3v) is 5.51. The average molecular weight is 238 g/mol. The molecule has 5 unspecified atom stereocenters.